The van der Waals surface area contributed by atoms with Gasteiger partial charge < -0.3 is 20.9 Å². The van der Waals surface area contributed by atoms with Crippen LogP contribution in [0.2, 0.25) is 0 Å². The third-order valence-electron chi connectivity index (χ3n) is 6.73. The van der Waals surface area contributed by atoms with Crippen LogP contribution in [-0.4, -0.2) is 0 Å². The maximum Gasteiger partial charge on any atom is 0.419 e. The predicted octanol–water partition coefficient (Wildman–Crippen LogP) is 10.2. The Labute approximate surface area is 259 Å². The van der Waals surface area contributed by atoms with Gasteiger partial charge in [-0.05, 0) is 36.4 Å². The second kappa shape index (κ2) is 12.2. The molecule has 0 fully saturated rings. The third kappa shape index (κ3) is 5.86. The van der Waals surface area contributed by atoms with E-state index in [4.69, 9.17) is 20.9 Å². The highest BCUT2D eigenvalue weighted by molar-refractivity contribution is 5.79. The Balaban J connectivity index is 1.48. The fourth-order valence-corrected chi connectivity index (χ4v) is 4.49. The largest absolute Gasteiger partial charge is 0.457 e. The molecule has 17 heteroatoms. The van der Waals surface area contributed by atoms with Gasteiger partial charge >= 0.3 is 6.18 Å². The molecule has 0 spiro atoms. The van der Waals surface area contributed by atoms with Gasteiger partial charge in [-0.1, -0.05) is 0 Å². The number of hydrogen-bond donors (Lipinski definition) is 2. The quantitative estimate of drug-likeness (QED) is 0.0805. The monoisotopic (exact) mass is 692 g/mol. The SMILES string of the molecule is Nc1cc(Oc2ccc(C(F)(F)F)c(Oc3ccc(-c4c(F)c(F)c(F)c(F)c4F)c(N)c3)c2)ccc1-c1c(F)c(F)c(F)c(F)c1F. The lowest BCUT2D eigenvalue weighted by Gasteiger charge is -2.17. The molecule has 250 valence electrons. The number of nitrogens with two attached hydrogens (primary N) is 2. The molecule has 4 nitrogen and oxygen atoms in total. The van der Waals surface area contributed by atoms with Crippen LogP contribution in [0, 0.1) is 58.2 Å². The second-order valence-electron chi connectivity index (χ2n) is 9.75. The van der Waals surface area contributed by atoms with Crippen molar-refractivity contribution in [2.45, 2.75) is 6.18 Å². The summed E-state index contributed by atoms with van der Waals surface area (Å²) in [4.78, 5) is 0. The van der Waals surface area contributed by atoms with Gasteiger partial charge in [-0.2, -0.15) is 13.2 Å². The van der Waals surface area contributed by atoms with Crippen molar-refractivity contribution in [2.24, 2.45) is 0 Å². The van der Waals surface area contributed by atoms with Crippen molar-refractivity contribution in [3.8, 4) is 45.3 Å². The number of hydrogen-bond acceptors (Lipinski definition) is 4. The number of anilines is 2. The molecule has 0 atom stereocenters. The maximum absolute atomic E-state index is 14.3. The molecule has 0 radical (unpaired) electrons. The van der Waals surface area contributed by atoms with E-state index in [-0.39, 0.29) is 11.5 Å². The highest BCUT2D eigenvalue weighted by atomic mass is 19.4. The number of halogens is 13. The van der Waals surface area contributed by atoms with Crippen LogP contribution in [0.15, 0.2) is 54.6 Å². The van der Waals surface area contributed by atoms with E-state index < -0.39 is 115 Å². The molecule has 5 aromatic rings. The molecule has 0 aliphatic heterocycles. The summed E-state index contributed by atoms with van der Waals surface area (Å²) in [5.41, 5.74) is 4.85. The normalized spacial score (nSPS) is 11.6. The van der Waals surface area contributed by atoms with E-state index in [9.17, 15) is 57.1 Å². The number of nitrogen functional groups attached to an aromatic ring is 2. The topological polar surface area (TPSA) is 70.5 Å². The summed E-state index contributed by atoms with van der Waals surface area (Å²) >= 11 is 0. The molecule has 0 unspecified atom stereocenters. The predicted molar refractivity (Wildman–Crippen MR) is 144 cm³/mol. The standard InChI is InChI=1S/C31H13F13N2O2/c32-21-19(22(33)26(37)29(40)25(21)36)13-4-1-10(7-16(13)45)47-12-3-6-15(31(42,43)44)18(9-12)48-11-2-5-14(17(46)8-11)20-23(34)27(38)30(41)28(39)24(20)35/h1-9H,45-46H2. The van der Waals surface area contributed by atoms with Crippen LogP contribution in [0.4, 0.5) is 68.5 Å². The van der Waals surface area contributed by atoms with Gasteiger partial charge in [0.25, 0.3) is 0 Å². The minimum absolute atomic E-state index is 0.276. The van der Waals surface area contributed by atoms with Gasteiger partial charge in [0.2, 0.25) is 11.6 Å². The highest BCUT2D eigenvalue weighted by Gasteiger charge is 2.35. The average molecular weight is 692 g/mol. The van der Waals surface area contributed by atoms with Gasteiger partial charge in [0.15, 0.2) is 46.5 Å². The second-order valence-corrected chi connectivity index (χ2v) is 9.75. The van der Waals surface area contributed by atoms with E-state index in [0.29, 0.717) is 12.1 Å². The molecular formula is C31H13F13N2O2. The Hall–Kier alpha value is -5.61. The molecule has 5 aromatic carbocycles. The number of benzene rings is 5. The summed E-state index contributed by atoms with van der Waals surface area (Å²) in [5, 5.41) is 0. The van der Waals surface area contributed by atoms with Crippen molar-refractivity contribution >= 4 is 11.4 Å². The summed E-state index contributed by atoms with van der Waals surface area (Å²) in [6.07, 6.45) is -5.03. The third-order valence-corrected chi connectivity index (χ3v) is 6.73. The zero-order valence-corrected chi connectivity index (χ0v) is 23.1. The molecule has 0 bridgehead atoms. The average Bonchev–Trinajstić information content (AvgIpc) is 3.02. The van der Waals surface area contributed by atoms with Crippen molar-refractivity contribution in [3.63, 3.8) is 0 Å². The maximum atomic E-state index is 14.3. The smallest absolute Gasteiger partial charge is 0.419 e. The first-order chi connectivity index (χ1) is 22.4. The molecule has 5 rings (SSSR count). The van der Waals surface area contributed by atoms with E-state index in [2.05, 4.69) is 0 Å². The molecule has 48 heavy (non-hydrogen) atoms. The van der Waals surface area contributed by atoms with Gasteiger partial charge in [0.1, 0.15) is 23.0 Å². The molecule has 0 saturated heterocycles. The zero-order chi connectivity index (χ0) is 35.4. The van der Waals surface area contributed by atoms with Crippen molar-refractivity contribution in [1.29, 1.82) is 0 Å². The van der Waals surface area contributed by atoms with Gasteiger partial charge in [-0.25, -0.2) is 43.9 Å². The fourth-order valence-electron chi connectivity index (χ4n) is 4.49. The van der Waals surface area contributed by atoms with Crippen LogP contribution in [0.25, 0.3) is 22.3 Å². The Bertz CT molecular complexity index is 2060. The van der Waals surface area contributed by atoms with Crippen molar-refractivity contribution in [1.82, 2.24) is 0 Å². The molecule has 0 heterocycles. The van der Waals surface area contributed by atoms with E-state index >= 15 is 0 Å². The molecule has 0 aromatic heterocycles. The zero-order valence-electron chi connectivity index (χ0n) is 23.1. The summed E-state index contributed by atoms with van der Waals surface area (Å²) in [6.45, 7) is 0. The first-order valence-electron chi connectivity index (χ1n) is 12.8. The first kappa shape index (κ1) is 33.7. The number of rotatable bonds is 6. The molecular weight excluding hydrogens is 679 g/mol. The summed E-state index contributed by atoms with van der Waals surface area (Å²) in [7, 11) is 0. The summed E-state index contributed by atoms with van der Waals surface area (Å²) in [6, 6.07) is 7.05. The van der Waals surface area contributed by atoms with E-state index in [1.807, 2.05) is 0 Å². The molecule has 0 aliphatic rings. The Morgan fingerprint density at radius 2 is 0.750 bits per heavy atom. The molecule has 0 aliphatic carbocycles. The number of alkyl halides is 3. The molecule has 4 N–H and O–H groups in total. The van der Waals surface area contributed by atoms with Crippen LogP contribution in [0.1, 0.15) is 5.56 Å². The van der Waals surface area contributed by atoms with E-state index in [0.717, 1.165) is 42.5 Å². The Morgan fingerprint density at radius 1 is 0.417 bits per heavy atom. The Kier molecular flexibility index (Phi) is 8.58. The first-order valence-corrected chi connectivity index (χ1v) is 12.8. The van der Waals surface area contributed by atoms with E-state index in [1.54, 1.807) is 0 Å². The van der Waals surface area contributed by atoms with Gasteiger partial charge in [-0.3, -0.25) is 0 Å². The van der Waals surface area contributed by atoms with Gasteiger partial charge in [0, 0.05) is 40.7 Å². The van der Waals surface area contributed by atoms with E-state index in [1.165, 1.54) is 0 Å². The fraction of sp³-hybridized carbons (Fsp3) is 0.0323. The molecule has 0 amide bonds. The molecule has 0 saturated carbocycles. The van der Waals surface area contributed by atoms with Crippen molar-refractivity contribution in [2.75, 3.05) is 11.5 Å². The van der Waals surface area contributed by atoms with Crippen LogP contribution in [0.5, 0.6) is 23.0 Å². The summed E-state index contributed by atoms with van der Waals surface area (Å²) in [5.74, 6) is -24.6. The van der Waals surface area contributed by atoms with Gasteiger partial charge in [-0.15, -0.1) is 0 Å². The minimum atomic E-state index is -5.03. The lowest BCUT2D eigenvalue weighted by Crippen LogP contribution is -2.07. The lowest BCUT2D eigenvalue weighted by molar-refractivity contribution is -0.138. The van der Waals surface area contributed by atoms with Crippen LogP contribution in [-0.2, 0) is 6.18 Å². The lowest BCUT2D eigenvalue weighted by atomic mass is 10.0. The van der Waals surface area contributed by atoms with Gasteiger partial charge in [0.05, 0.1) is 16.7 Å². The summed E-state index contributed by atoms with van der Waals surface area (Å²) < 4.78 is 191. The number of ether oxygens (including phenoxy) is 2. The highest BCUT2D eigenvalue weighted by Crippen LogP contribution is 2.43. The van der Waals surface area contributed by atoms with Crippen LogP contribution < -0.4 is 20.9 Å². The van der Waals surface area contributed by atoms with Crippen molar-refractivity contribution < 1.29 is 66.5 Å². The van der Waals surface area contributed by atoms with Crippen molar-refractivity contribution in [3.05, 3.63) is 118 Å². The Morgan fingerprint density at radius 3 is 1.12 bits per heavy atom. The van der Waals surface area contributed by atoms with Crippen LogP contribution >= 0.6 is 0 Å². The van der Waals surface area contributed by atoms with Crippen LogP contribution in [0.3, 0.4) is 0 Å². The minimum Gasteiger partial charge on any atom is -0.457 e.